The van der Waals surface area contributed by atoms with Crippen LogP contribution < -0.4 is 4.74 Å². The highest BCUT2D eigenvalue weighted by atomic mass is 16.5. The molecule has 0 saturated carbocycles. The monoisotopic (exact) mass is 245 g/mol. The smallest absolute Gasteiger partial charge is 0.119 e. The summed E-state index contributed by atoms with van der Waals surface area (Å²) in [4.78, 5) is 2.13. The molecule has 2 aromatic rings. The summed E-state index contributed by atoms with van der Waals surface area (Å²) in [6, 6.07) is 12.6. The van der Waals surface area contributed by atoms with Crippen LogP contribution in [0.3, 0.4) is 0 Å². The van der Waals surface area contributed by atoms with E-state index in [2.05, 4.69) is 35.2 Å². The third-order valence-corrected chi connectivity index (χ3v) is 2.91. The summed E-state index contributed by atoms with van der Waals surface area (Å²) in [6.45, 7) is 1.52. The maximum absolute atomic E-state index is 5.22. The average molecular weight is 245 g/mol. The lowest BCUT2D eigenvalue weighted by molar-refractivity contribution is 0.0772. The first kappa shape index (κ1) is 12.9. The van der Waals surface area contributed by atoms with Crippen LogP contribution in [0.4, 0.5) is 0 Å². The zero-order chi connectivity index (χ0) is 13.0. The second-order valence-electron chi connectivity index (χ2n) is 4.48. The molecule has 0 bridgehead atoms. The molecule has 3 nitrogen and oxygen atoms in total. The summed E-state index contributed by atoms with van der Waals surface area (Å²) in [5.41, 5.74) is 1.28. The molecule has 0 heterocycles. The Balaban J connectivity index is 2.22. The van der Waals surface area contributed by atoms with Crippen molar-refractivity contribution < 1.29 is 9.47 Å². The number of rotatable bonds is 5. The van der Waals surface area contributed by atoms with Crippen molar-refractivity contribution in [3.8, 4) is 5.75 Å². The highest BCUT2D eigenvalue weighted by molar-refractivity contribution is 5.84. The number of hydrogen-bond donors (Lipinski definition) is 0. The Morgan fingerprint density at radius 3 is 2.44 bits per heavy atom. The molecule has 0 saturated heterocycles. The number of fused-ring (bicyclic) bond motifs is 1. The largest absolute Gasteiger partial charge is 0.497 e. The summed E-state index contributed by atoms with van der Waals surface area (Å²) in [7, 11) is 5.44. The molecule has 0 amide bonds. The minimum Gasteiger partial charge on any atom is -0.497 e. The molecule has 0 aliphatic heterocycles. The molecule has 96 valence electrons. The van der Waals surface area contributed by atoms with Crippen LogP contribution >= 0.6 is 0 Å². The molecule has 0 aliphatic rings. The molecular weight excluding hydrogens is 226 g/mol. The Morgan fingerprint density at radius 1 is 1.00 bits per heavy atom. The minimum atomic E-state index is 0.640. The van der Waals surface area contributed by atoms with Gasteiger partial charge in [-0.05, 0) is 41.6 Å². The maximum Gasteiger partial charge on any atom is 0.119 e. The topological polar surface area (TPSA) is 21.7 Å². The highest BCUT2D eigenvalue weighted by Gasteiger charge is 2.02. The predicted molar refractivity (Wildman–Crippen MR) is 73.8 cm³/mol. The van der Waals surface area contributed by atoms with Crippen molar-refractivity contribution in [2.24, 2.45) is 0 Å². The fraction of sp³-hybridized carbons (Fsp3) is 0.333. The highest BCUT2D eigenvalue weighted by Crippen LogP contribution is 2.22. The van der Waals surface area contributed by atoms with Crippen molar-refractivity contribution >= 4 is 10.8 Å². The molecule has 0 unspecified atom stereocenters. The van der Waals surface area contributed by atoms with Crippen LogP contribution in [0, 0.1) is 0 Å². The number of hydrogen-bond acceptors (Lipinski definition) is 3. The van der Waals surface area contributed by atoms with Crippen LogP contribution in [0.1, 0.15) is 5.56 Å². The van der Waals surface area contributed by atoms with E-state index < -0.39 is 0 Å². The van der Waals surface area contributed by atoms with Crippen molar-refractivity contribution in [2.75, 3.05) is 28.0 Å². The van der Waals surface area contributed by atoms with E-state index in [0.717, 1.165) is 12.3 Å². The van der Waals surface area contributed by atoms with Gasteiger partial charge in [0.1, 0.15) is 5.75 Å². The molecule has 2 rings (SSSR count). The van der Waals surface area contributed by atoms with Crippen molar-refractivity contribution in [3.63, 3.8) is 0 Å². The van der Waals surface area contributed by atoms with Crippen LogP contribution in [0.25, 0.3) is 10.8 Å². The fourth-order valence-corrected chi connectivity index (χ4v) is 2.08. The number of methoxy groups -OCH3 is 2. The van der Waals surface area contributed by atoms with Gasteiger partial charge in [-0.2, -0.15) is 0 Å². The SMILES string of the molecule is COCN(C)Cc1ccc2cc(OC)ccc2c1. The normalized spacial score (nSPS) is 11.1. The fourth-order valence-electron chi connectivity index (χ4n) is 2.08. The second kappa shape index (κ2) is 5.85. The van der Waals surface area contributed by atoms with Gasteiger partial charge in [0.05, 0.1) is 13.8 Å². The van der Waals surface area contributed by atoms with E-state index in [1.165, 1.54) is 16.3 Å². The van der Waals surface area contributed by atoms with Crippen LogP contribution in [0.15, 0.2) is 36.4 Å². The molecule has 18 heavy (non-hydrogen) atoms. The second-order valence-corrected chi connectivity index (χ2v) is 4.48. The summed E-state index contributed by atoms with van der Waals surface area (Å²) < 4.78 is 10.3. The average Bonchev–Trinajstić information content (AvgIpc) is 2.38. The maximum atomic E-state index is 5.22. The Bertz CT molecular complexity index is 525. The van der Waals surface area contributed by atoms with Crippen molar-refractivity contribution in [1.29, 1.82) is 0 Å². The van der Waals surface area contributed by atoms with Gasteiger partial charge in [0.15, 0.2) is 0 Å². The minimum absolute atomic E-state index is 0.640. The third kappa shape index (κ3) is 3.00. The molecule has 0 aliphatic carbocycles. The molecule has 0 N–H and O–H groups in total. The molecule has 2 aromatic carbocycles. The number of benzene rings is 2. The van der Waals surface area contributed by atoms with Crippen molar-refractivity contribution in [1.82, 2.24) is 4.90 Å². The van der Waals surface area contributed by atoms with E-state index in [-0.39, 0.29) is 0 Å². The van der Waals surface area contributed by atoms with Gasteiger partial charge in [-0.25, -0.2) is 0 Å². The zero-order valence-corrected chi connectivity index (χ0v) is 11.1. The summed E-state index contributed by atoms with van der Waals surface area (Å²) in [6.07, 6.45) is 0. The summed E-state index contributed by atoms with van der Waals surface area (Å²) in [5, 5.41) is 2.44. The van der Waals surface area contributed by atoms with Crippen LogP contribution in [-0.2, 0) is 11.3 Å². The first-order chi connectivity index (χ1) is 8.72. The van der Waals surface area contributed by atoms with Gasteiger partial charge < -0.3 is 9.47 Å². The Morgan fingerprint density at radius 2 is 1.72 bits per heavy atom. The van der Waals surface area contributed by atoms with Gasteiger partial charge in [-0.1, -0.05) is 18.2 Å². The Kier molecular flexibility index (Phi) is 4.18. The van der Waals surface area contributed by atoms with Gasteiger partial charge in [0, 0.05) is 13.7 Å². The van der Waals surface area contributed by atoms with Crippen LogP contribution in [0.2, 0.25) is 0 Å². The lowest BCUT2D eigenvalue weighted by Gasteiger charge is -2.15. The van der Waals surface area contributed by atoms with E-state index in [0.29, 0.717) is 6.73 Å². The van der Waals surface area contributed by atoms with Gasteiger partial charge >= 0.3 is 0 Å². The lowest BCUT2D eigenvalue weighted by atomic mass is 10.1. The summed E-state index contributed by atoms with van der Waals surface area (Å²) in [5.74, 6) is 0.895. The molecule has 0 spiro atoms. The molecule has 0 atom stereocenters. The van der Waals surface area contributed by atoms with Crippen LogP contribution in [-0.4, -0.2) is 32.9 Å². The van der Waals surface area contributed by atoms with E-state index >= 15 is 0 Å². The molecule has 0 fully saturated rings. The first-order valence-electron chi connectivity index (χ1n) is 5.97. The molecule has 3 heteroatoms. The quantitative estimate of drug-likeness (QED) is 0.756. The van der Waals surface area contributed by atoms with Crippen molar-refractivity contribution in [2.45, 2.75) is 6.54 Å². The number of nitrogens with zero attached hydrogens (tertiary/aromatic N) is 1. The Labute approximate surface area is 108 Å². The molecule has 0 aromatic heterocycles. The molecule has 0 radical (unpaired) electrons. The summed E-state index contributed by atoms with van der Waals surface area (Å²) >= 11 is 0. The zero-order valence-electron chi connectivity index (χ0n) is 11.1. The Hall–Kier alpha value is -1.58. The first-order valence-corrected chi connectivity index (χ1v) is 5.97. The van der Waals surface area contributed by atoms with Gasteiger partial charge in [0.2, 0.25) is 0 Å². The van der Waals surface area contributed by atoms with Gasteiger partial charge in [0.25, 0.3) is 0 Å². The van der Waals surface area contributed by atoms with E-state index in [1.54, 1.807) is 14.2 Å². The van der Waals surface area contributed by atoms with Gasteiger partial charge in [-0.3, -0.25) is 4.90 Å². The van der Waals surface area contributed by atoms with E-state index in [1.807, 2.05) is 13.1 Å². The third-order valence-electron chi connectivity index (χ3n) is 2.91. The molecular formula is C15H19NO2. The standard InChI is InChI=1S/C15H19NO2/c1-16(11-17-2)10-12-4-5-14-9-15(18-3)7-6-13(14)8-12/h4-9H,10-11H2,1-3H3. The van der Waals surface area contributed by atoms with Gasteiger partial charge in [-0.15, -0.1) is 0 Å². The van der Waals surface area contributed by atoms with Crippen LogP contribution in [0.5, 0.6) is 5.75 Å². The lowest BCUT2D eigenvalue weighted by Crippen LogP contribution is -2.20. The van der Waals surface area contributed by atoms with E-state index in [4.69, 9.17) is 9.47 Å². The van der Waals surface area contributed by atoms with E-state index in [9.17, 15) is 0 Å². The van der Waals surface area contributed by atoms with Crippen molar-refractivity contribution in [3.05, 3.63) is 42.0 Å². The number of ether oxygens (including phenoxy) is 2. The predicted octanol–water partition coefficient (Wildman–Crippen LogP) is 2.88.